The van der Waals surface area contributed by atoms with Crippen LogP contribution in [-0.4, -0.2) is 26.5 Å². The van der Waals surface area contributed by atoms with Crippen molar-refractivity contribution in [2.75, 3.05) is 12.4 Å². The number of anilines is 1. The van der Waals surface area contributed by atoms with E-state index in [-0.39, 0.29) is 10.9 Å². The molecule has 0 saturated heterocycles. The maximum atomic E-state index is 12.3. The molecule has 0 aliphatic rings. The predicted molar refractivity (Wildman–Crippen MR) is 77.6 cm³/mol. The molecule has 1 heterocycles. The van der Waals surface area contributed by atoms with Crippen LogP contribution in [0.25, 0.3) is 0 Å². The molecule has 5 nitrogen and oxygen atoms in total. The zero-order valence-corrected chi connectivity index (χ0v) is 12.8. The lowest BCUT2D eigenvalue weighted by atomic mass is 10.0. The van der Waals surface area contributed by atoms with E-state index in [4.69, 9.17) is 0 Å². The Kier molecular flexibility index (Phi) is 5.75. The fourth-order valence-corrected chi connectivity index (χ4v) is 3.36. The fourth-order valence-electron chi connectivity index (χ4n) is 1.94. The molecule has 0 fully saturated rings. The first kappa shape index (κ1) is 15.9. The van der Waals surface area contributed by atoms with E-state index >= 15 is 0 Å². The van der Waals surface area contributed by atoms with Gasteiger partial charge in [0.15, 0.2) is 0 Å². The third-order valence-electron chi connectivity index (χ3n) is 3.11. The van der Waals surface area contributed by atoms with Crippen molar-refractivity contribution in [3.8, 4) is 0 Å². The van der Waals surface area contributed by atoms with Gasteiger partial charge in [-0.05, 0) is 31.4 Å². The lowest BCUT2D eigenvalue weighted by molar-refractivity contribution is 0.445. The number of nitrogens with one attached hydrogen (secondary N) is 2. The average Bonchev–Trinajstić information content (AvgIpc) is 2.37. The van der Waals surface area contributed by atoms with E-state index in [1.54, 1.807) is 25.4 Å². The van der Waals surface area contributed by atoms with Crippen LogP contribution in [0.3, 0.4) is 0 Å². The smallest absolute Gasteiger partial charge is 0.244 e. The summed E-state index contributed by atoms with van der Waals surface area (Å²) in [7, 11) is -1.87. The number of hydrogen-bond donors (Lipinski definition) is 2. The molecule has 6 heteroatoms. The average molecular weight is 285 g/mol. The van der Waals surface area contributed by atoms with E-state index in [9.17, 15) is 8.42 Å². The molecule has 2 unspecified atom stereocenters. The summed E-state index contributed by atoms with van der Waals surface area (Å²) in [4.78, 5) is 4.21. The SMILES string of the molecule is CCC(C)CC(C)NS(=O)(=O)c1cccnc1NC. The molecule has 0 aromatic carbocycles. The lowest BCUT2D eigenvalue weighted by Gasteiger charge is -2.18. The number of nitrogens with zero attached hydrogens (tertiary/aromatic N) is 1. The molecule has 0 amide bonds. The first-order valence-corrected chi connectivity index (χ1v) is 8.04. The number of pyridine rings is 1. The molecular weight excluding hydrogens is 262 g/mol. The minimum atomic E-state index is -3.53. The highest BCUT2D eigenvalue weighted by molar-refractivity contribution is 7.89. The van der Waals surface area contributed by atoms with Gasteiger partial charge in [0.1, 0.15) is 10.7 Å². The van der Waals surface area contributed by atoms with Crippen molar-refractivity contribution < 1.29 is 8.42 Å². The first-order chi connectivity index (χ1) is 8.90. The molecule has 108 valence electrons. The third kappa shape index (κ3) is 4.47. The van der Waals surface area contributed by atoms with Crippen molar-refractivity contribution in [1.29, 1.82) is 0 Å². The molecule has 19 heavy (non-hydrogen) atoms. The fraction of sp³-hybridized carbons (Fsp3) is 0.615. The molecule has 1 aromatic rings. The van der Waals surface area contributed by atoms with Crippen molar-refractivity contribution in [1.82, 2.24) is 9.71 Å². The Morgan fingerprint density at radius 2 is 2.05 bits per heavy atom. The van der Waals surface area contributed by atoms with E-state index in [1.165, 1.54) is 0 Å². The van der Waals surface area contributed by atoms with E-state index in [0.717, 1.165) is 12.8 Å². The van der Waals surface area contributed by atoms with Crippen LogP contribution in [0.2, 0.25) is 0 Å². The van der Waals surface area contributed by atoms with Gasteiger partial charge in [0, 0.05) is 19.3 Å². The highest BCUT2D eigenvalue weighted by Gasteiger charge is 2.21. The van der Waals surface area contributed by atoms with Gasteiger partial charge in [0.25, 0.3) is 0 Å². The van der Waals surface area contributed by atoms with Crippen LogP contribution < -0.4 is 10.0 Å². The van der Waals surface area contributed by atoms with Crippen molar-refractivity contribution in [2.24, 2.45) is 5.92 Å². The Morgan fingerprint density at radius 3 is 2.63 bits per heavy atom. The van der Waals surface area contributed by atoms with Gasteiger partial charge in [-0.3, -0.25) is 0 Å². The summed E-state index contributed by atoms with van der Waals surface area (Å²) in [6, 6.07) is 3.08. The number of aromatic nitrogens is 1. The monoisotopic (exact) mass is 285 g/mol. The van der Waals surface area contributed by atoms with Crippen LogP contribution in [-0.2, 0) is 10.0 Å². The molecule has 0 bridgehead atoms. The molecule has 0 saturated carbocycles. The van der Waals surface area contributed by atoms with Crippen LogP contribution in [0, 0.1) is 5.92 Å². The summed E-state index contributed by atoms with van der Waals surface area (Å²) < 4.78 is 27.3. The summed E-state index contributed by atoms with van der Waals surface area (Å²) in [5.74, 6) is 0.862. The van der Waals surface area contributed by atoms with Gasteiger partial charge in [0.2, 0.25) is 10.0 Å². The van der Waals surface area contributed by atoms with Gasteiger partial charge in [-0.1, -0.05) is 20.3 Å². The third-order valence-corrected chi connectivity index (χ3v) is 4.73. The van der Waals surface area contributed by atoms with Crippen LogP contribution in [0.1, 0.15) is 33.6 Å². The second-order valence-electron chi connectivity index (χ2n) is 4.87. The number of sulfonamides is 1. The topological polar surface area (TPSA) is 71.1 Å². The molecule has 0 radical (unpaired) electrons. The zero-order chi connectivity index (χ0) is 14.5. The first-order valence-electron chi connectivity index (χ1n) is 6.55. The zero-order valence-electron chi connectivity index (χ0n) is 12.0. The lowest BCUT2D eigenvalue weighted by Crippen LogP contribution is -2.34. The molecule has 0 aliphatic carbocycles. The summed E-state index contributed by atoms with van der Waals surface area (Å²) in [6.45, 7) is 6.11. The van der Waals surface area contributed by atoms with E-state index in [0.29, 0.717) is 11.7 Å². The van der Waals surface area contributed by atoms with Gasteiger partial charge in [-0.15, -0.1) is 0 Å². The van der Waals surface area contributed by atoms with Crippen molar-refractivity contribution >= 4 is 15.8 Å². The minimum Gasteiger partial charge on any atom is -0.372 e. The molecule has 1 aromatic heterocycles. The second kappa shape index (κ2) is 6.86. The molecule has 1 rings (SSSR count). The Labute approximate surface area is 115 Å². The van der Waals surface area contributed by atoms with E-state index in [2.05, 4.69) is 28.9 Å². The van der Waals surface area contributed by atoms with Crippen LogP contribution >= 0.6 is 0 Å². The number of rotatable bonds is 7. The Hall–Kier alpha value is -1.14. The normalized spacial score (nSPS) is 14.9. The molecule has 2 N–H and O–H groups in total. The van der Waals surface area contributed by atoms with Gasteiger partial charge in [0.05, 0.1) is 0 Å². The molecule has 0 spiro atoms. The van der Waals surface area contributed by atoms with Crippen molar-refractivity contribution in [2.45, 2.75) is 44.6 Å². The quantitative estimate of drug-likeness (QED) is 0.806. The van der Waals surface area contributed by atoms with Crippen LogP contribution in [0.5, 0.6) is 0 Å². The maximum absolute atomic E-state index is 12.3. The Bertz CT molecular complexity index is 502. The molecular formula is C13H23N3O2S. The summed E-state index contributed by atoms with van der Waals surface area (Å²) in [5.41, 5.74) is 0. The minimum absolute atomic E-state index is 0.0927. The Balaban J connectivity index is 2.86. The summed E-state index contributed by atoms with van der Waals surface area (Å²) in [6.07, 6.45) is 3.43. The van der Waals surface area contributed by atoms with E-state index in [1.807, 2.05) is 6.92 Å². The largest absolute Gasteiger partial charge is 0.372 e. The molecule has 2 atom stereocenters. The van der Waals surface area contributed by atoms with Gasteiger partial charge < -0.3 is 5.32 Å². The van der Waals surface area contributed by atoms with Gasteiger partial charge in [-0.25, -0.2) is 18.1 Å². The number of hydrogen-bond acceptors (Lipinski definition) is 4. The summed E-state index contributed by atoms with van der Waals surface area (Å²) in [5, 5.41) is 2.80. The molecule has 0 aliphatic heterocycles. The van der Waals surface area contributed by atoms with Crippen LogP contribution in [0.4, 0.5) is 5.82 Å². The highest BCUT2D eigenvalue weighted by atomic mass is 32.2. The second-order valence-corrected chi connectivity index (χ2v) is 6.55. The summed E-state index contributed by atoms with van der Waals surface area (Å²) >= 11 is 0. The van der Waals surface area contributed by atoms with Crippen molar-refractivity contribution in [3.63, 3.8) is 0 Å². The standard InChI is InChI=1S/C13H23N3O2S/c1-5-10(2)9-11(3)16-19(17,18)12-7-6-8-15-13(12)14-4/h6-8,10-11,16H,5,9H2,1-4H3,(H,14,15). The van der Waals surface area contributed by atoms with Gasteiger partial charge >= 0.3 is 0 Å². The Morgan fingerprint density at radius 1 is 1.37 bits per heavy atom. The predicted octanol–water partition coefficient (Wildman–Crippen LogP) is 2.23. The van der Waals surface area contributed by atoms with Crippen molar-refractivity contribution in [3.05, 3.63) is 18.3 Å². The van der Waals surface area contributed by atoms with Crippen LogP contribution in [0.15, 0.2) is 23.2 Å². The van der Waals surface area contributed by atoms with Gasteiger partial charge in [-0.2, -0.15) is 0 Å². The van der Waals surface area contributed by atoms with E-state index < -0.39 is 10.0 Å². The maximum Gasteiger partial charge on any atom is 0.244 e. The highest BCUT2D eigenvalue weighted by Crippen LogP contribution is 2.18.